The average molecular weight is 233 g/mol. The van der Waals surface area contributed by atoms with Gasteiger partial charge in [0, 0.05) is 12.1 Å². The first-order valence-electron chi connectivity index (χ1n) is 5.16. The highest BCUT2D eigenvalue weighted by atomic mass is 19.1. The summed E-state index contributed by atoms with van der Waals surface area (Å²) < 4.78 is 13.7. The molecule has 0 unspecified atom stereocenters. The van der Waals surface area contributed by atoms with Crippen molar-refractivity contribution in [2.24, 2.45) is 0 Å². The van der Waals surface area contributed by atoms with Crippen molar-refractivity contribution in [2.45, 2.75) is 13.5 Å². The van der Waals surface area contributed by atoms with Gasteiger partial charge in [-0.05, 0) is 25.1 Å². The minimum atomic E-state index is -0.381. The summed E-state index contributed by atoms with van der Waals surface area (Å²) in [4.78, 5) is 18.3. The van der Waals surface area contributed by atoms with Gasteiger partial charge in [0.2, 0.25) is 5.91 Å². The second-order valence-corrected chi connectivity index (χ2v) is 3.67. The van der Waals surface area contributed by atoms with E-state index in [1.54, 1.807) is 13.0 Å². The molecule has 88 valence electrons. The van der Waals surface area contributed by atoms with Gasteiger partial charge in [-0.15, -0.1) is 0 Å². The first kappa shape index (κ1) is 11.3. The molecule has 1 heterocycles. The molecule has 0 aliphatic rings. The maximum atomic E-state index is 13.7. The van der Waals surface area contributed by atoms with Gasteiger partial charge in [-0.2, -0.15) is 0 Å². The maximum Gasteiger partial charge on any atom is 0.243 e. The van der Waals surface area contributed by atoms with Crippen LogP contribution in [0.4, 0.5) is 4.39 Å². The number of aromatic nitrogens is 2. The Morgan fingerprint density at radius 3 is 3.12 bits per heavy atom. The SMILES string of the molecule is C=CC(=O)NCc1c(F)ccc2[nH]c(C)nc12. The minimum Gasteiger partial charge on any atom is -0.348 e. The molecule has 0 fully saturated rings. The molecule has 0 saturated carbocycles. The van der Waals surface area contributed by atoms with Gasteiger partial charge in [0.05, 0.1) is 11.0 Å². The van der Waals surface area contributed by atoms with Crippen LogP contribution >= 0.6 is 0 Å². The van der Waals surface area contributed by atoms with Gasteiger partial charge in [0.15, 0.2) is 0 Å². The third kappa shape index (κ3) is 2.18. The third-order valence-corrected chi connectivity index (χ3v) is 2.45. The molecule has 1 amide bonds. The first-order valence-corrected chi connectivity index (χ1v) is 5.16. The molecule has 0 radical (unpaired) electrons. The summed E-state index contributed by atoms with van der Waals surface area (Å²) in [5.74, 6) is -0.0103. The topological polar surface area (TPSA) is 57.8 Å². The monoisotopic (exact) mass is 233 g/mol. The molecule has 4 nitrogen and oxygen atoms in total. The van der Waals surface area contributed by atoms with Crippen molar-refractivity contribution in [1.29, 1.82) is 0 Å². The molecule has 17 heavy (non-hydrogen) atoms. The van der Waals surface area contributed by atoms with Crippen LogP contribution in [0.15, 0.2) is 24.8 Å². The smallest absolute Gasteiger partial charge is 0.243 e. The van der Waals surface area contributed by atoms with Crippen molar-refractivity contribution in [3.63, 3.8) is 0 Å². The molecule has 2 aromatic rings. The molecule has 0 aliphatic heterocycles. The van der Waals surface area contributed by atoms with E-state index in [0.717, 1.165) is 11.6 Å². The van der Waals surface area contributed by atoms with Crippen LogP contribution in [-0.4, -0.2) is 15.9 Å². The molecule has 0 spiro atoms. The fourth-order valence-corrected chi connectivity index (χ4v) is 1.65. The number of H-pyrrole nitrogens is 1. The van der Waals surface area contributed by atoms with E-state index in [1.807, 2.05) is 0 Å². The van der Waals surface area contributed by atoms with Crippen molar-refractivity contribution in [2.75, 3.05) is 0 Å². The van der Waals surface area contributed by atoms with Crippen molar-refractivity contribution >= 4 is 16.9 Å². The summed E-state index contributed by atoms with van der Waals surface area (Å²) in [6, 6.07) is 2.98. The molecule has 0 saturated heterocycles. The third-order valence-electron chi connectivity index (χ3n) is 2.45. The van der Waals surface area contributed by atoms with Crippen molar-refractivity contribution in [3.05, 3.63) is 42.0 Å². The molecule has 2 N–H and O–H groups in total. The molecule has 0 atom stereocenters. The fourth-order valence-electron chi connectivity index (χ4n) is 1.65. The normalized spacial score (nSPS) is 10.5. The molecule has 1 aromatic heterocycles. The molecular weight excluding hydrogens is 221 g/mol. The summed E-state index contributed by atoms with van der Waals surface area (Å²) in [5.41, 5.74) is 1.68. The van der Waals surface area contributed by atoms with E-state index >= 15 is 0 Å². The Hall–Kier alpha value is -2.17. The van der Waals surface area contributed by atoms with E-state index in [9.17, 15) is 9.18 Å². The lowest BCUT2D eigenvalue weighted by molar-refractivity contribution is -0.116. The Kier molecular flexibility index (Phi) is 2.91. The number of aryl methyl sites for hydroxylation is 1. The van der Waals surface area contributed by atoms with Gasteiger partial charge < -0.3 is 10.3 Å². The van der Waals surface area contributed by atoms with Crippen LogP contribution in [0, 0.1) is 12.7 Å². The van der Waals surface area contributed by atoms with Gasteiger partial charge in [-0.1, -0.05) is 6.58 Å². The molecule has 2 rings (SSSR count). The molecule has 0 aliphatic carbocycles. The molecule has 1 aromatic carbocycles. The van der Waals surface area contributed by atoms with Crippen LogP contribution < -0.4 is 5.32 Å². The number of fused-ring (bicyclic) bond motifs is 1. The number of halogens is 1. The number of aromatic amines is 1. The quantitative estimate of drug-likeness (QED) is 0.794. The highest BCUT2D eigenvalue weighted by Crippen LogP contribution is 2.19. The number of imidazole rings is 1. The Bertz CT molecular complexity index is 589. The standard InChI is InChI=1S/C12H12FN3O/c1-3-11(17)14-6-8-9(13)4-5-10-12(8)16-7(2)15-10/h3-5H,1,6H2,2H3,(H,14,17)(H,15,16). The van der Waals surface area contributed by atoms with Crippen LogP contribution in [0.2, 0.25) is 0 Å². The first-order chi connectivity index (χ1) is 8.11. The number of hydrogen-bond donors (Lipinski definition) is 2. The zero-order valence-corrected chi connectivity index (χ0v) is 9.38. The number of carbonyl (C=O) groups excluding carboxylic acids is 1. The van der Waals surface area contributed by atoms with E-state index in [-0.39, 0.29) is 18.3 Å². The molecular formula is C12H12FN3O. The second kappa shape index (κ2) is 4.37. The van der Waals surface area contributed by atoms with Gasteiger partial charge in [-0.3, -0.25) is 4.79 Å². The Morgan fingerprint density at radius 2 is 2.41 bits per heavy atom. The van der Waals surface area contributed by atoms with Crippen LogP contribution in [-0.2, 0) is 11.3 Å². The Labute approximate surface area is 97.6 Å². The zero-order valence-electron chi connectivity index (χ0n) is 9.38. The lowest BCUT2D eigenvalue weighted by atomic mass is 10.1. The number of carbonyl (C=O) groups is 1. The average Bonchev–Trinajstić information content (AvgIpc) is 2.68. The van der Waals surface area contributed by atoms with Gasteiger partial charge in [0.1, 0.15) is 11.6 Å². The number of rotatable bonds is 3. The number of nitrogens with one attached hydrogen (secondary N) is 2. The fraction of sp³-hybridized carbons (Fsp3) is 0.167. The Balaban J connectivity index is 2.40. The van der Waals surface area contributed by atoms with E-state index < -0.39 is 0 Å². The lowest BCUT2D eigenvalue weighted by Crippen LogP contribution is -2.20. The zero-order chi connectivity index (χ0) is 12.4. The Morgan fingerprint density at radius 1 is 1.65 bits per heavy atom. The highest BCUT2D eigenvalue weighted by molar-refractivity contribution is 5.87. The van der Waals surface area contributed by atoms with Crippen LogP contribution in [0.1, 0.15) is 11.4 Å². The summed E-state index contributed by atoms with van der Waals surface area (Å²) >= 11 is 0. The van der Waals surface area contributed by atoms with Crippen LogP contribution in [0.25, 0.3) is 11.0 Å². The highest BCUT2D eigenvalue weighted by Gasteiger charge is 2.11. The van der Waals surface area contributed by atoms with E-state index in [1.165, 1.54) is 6.07 Å². The van der Waals surface area contributed by atoms with Gasteiger partial charge >= 0.3 is 0 Å². The summed E-state index contributed by atoms with van der Waals surface area (Å²) in [7, 11) is 0. The number of benzene rings is 1. The summed E-state index contributed by atoms with van der Waals surface area (Å²) in [6.45, 7) is 5.23. The summed E-state index contributed by atoms with van der Waals surface area (Å²) in [6.07, 6.45) is 1.15. The number of amides is 1. The van der Waals surface area contributed by atoms with E-state index in [4.69, 9.17) is 0 Å². The number of hydrogen-bond acceptors (Lipinski definition) is 2. The largest absolute Gasteiger partial charge is 0.348 e. The van der Waals surface area contributed by atoms with Crippen molar-refractivity contribution in [1.82, 2.24) is 15.3 Å². The minimum absolute atomic E-state index is 0.0956. The van der Waals surface area contributed by atoms with Gasteiger partial charge in [-0.25, -0.2) is 9.37 Å². The predicted molar refractivity (Wildman–Crippen MR) is 62.8 cm³/mol. The maximum absolute atomic E-state index is 13.7. The van der Waals surface area contributed by atoms with Gasteiger partial charge in [0.25, 0.3) is 0 Å². The van der Waals surface area contributed by atoms with E-state index in [2.05, 4.69) is 21.9 Å². The number of nitrogens with zero attached hydrogens (tertiary/aromatic N) is 1. The lowest BCUT2D eigenvalue weighted by Gasteiger charge is -2.04. The van der Waals surface area contributed by atoms with Crippen molar-refractivity contribution < 1.29 is 9.18 Å². The molecule has 5 heteroatoms. The van der Waals surface area contributed by atoms with Crippen LogP contribution in [0.3, 0.4) is 0 Å². The van der Waals surface area contributed by atoms with Crippen molar-refractivity contribution in [3.8, 4) is 0 Å². The van der Waals surface area contributed by atoms with E-state index in [0.29, 0.717) is 16.9 Å². The molecule has 0 bridgehead atoms. The van der Waals surface area contributed by atoms with Crippen LogP contribution in [0.5, 0.6) is 0 Å². The predicted octanol–water partition coefficient (Wildman–Crippen LogP) is 1.81. The summed E-state index contributed by atoms with van der Waals surface area (Å²) in [5, 5.41) is 2.54. The second-order valence-electron chi connectivity index (χ2n) is 3.67.